The Hall–Kier alpha value is -3.48. The fourth-order valence-electron chi connectivity index (χ4n) is 4.28. The number of amides is 2. The van der Waals surface area contributed by atoms with Gasteiger partial charge in [0.25, 0.3) is 11.8 Å². The Morgan fingerprint density at radius 1 is 0.781 bits per heavy atom. The topological polar surface area (TPSA) is 68.3 Å². The Labute approximate surface area is 188 Å². The first-order valence-corrected chi connectivity index (χ1v) is 10.8. The number of imide groups is 1. The molecule has 7 nitrogen and oxygen atoms in total. The zero-order valence-corrected chi connectivity index (χ0v) is 18.7. The smallest absolute Gasteiger partial charge is 0.278 e. The average molecular weight is 437 g/mol. The van der Waals surface area contributed by atoms with E-state index in [1.807, 2.05) is 30.3 Å². The molecule has 2 amide bonds. The predicted octanol–water partition coefficient (Wildman–Crippen LogP) is 3.48. The largest absolute Gasteiger partial charge is 0.497 e. The Morgan fingerprint density at radius 2 is 1.47 bits per heavy atom. The Kier molecular flexibility index (Phi) is 6.35. The Balaban J connectivity index is 1.73. The van der Waals surface area contributed by atoms with Crippen LogP contribution in [-0.2, 0) is 16.1 Å². The number of carbonyl (C=O) groups excluding carboxylic acids is 2. The number of hydrogen-bond acceptors (Lipinski definition) is 6. The van der Waals surface area contributed by atoms with Crippen molar-refractivity contribution in [2.45, 2.75) is 25.8 Å². The van der Waals surface area contributed by atoms with Gasteiger partial charge in [0, 0.05) is 13.1 Å². The van der Waals surface area contributed by atoms with Crippen LogP contribution in [0.2, 0.25) is 0 Å². The summed E-state index contributed by atoms with van der Waals surface area (Å²) in [5.41, 5.74) is 2.42. The fourth-order valence-corrected chi connectivity index (χ4v) is 4.28. The number of hydrogen-bond donors (Lipinski definition) is 0. The van der Waals surface area contributed by atoms with Crippen LogP contribution in [0, 0.1) is 0 Å². The quantitative estimate of drug-likeness (QED) is 0.619. The van der Waals surface area contributed by atoms with Crippen LogP contribution in [0.15, 0.2) is 48.2 Å². The molecule has 2 aromatic rings. The number of methoxy groups -OCH3 is 3. The number of nitrogens with zero attached hydrogens (tertiary/aromatic N) is 2. The molecular formula is C25H28N2O5. The maximum Gasteiger partial charge on any atom is 0.278 e. The van der Waals surface area contributed by atoms with Gasteiger partial charge < -0.3 is 19.1 Å². The van der Waals surface area contributed by atoms with Crippen molar-refractivity contribution in [1.29, 1.82) is 0 Å². The molecular weight excluding hydrogens is 408 g/mol. The van der Waals surface area contributed by atoms with E-state index < -0.39 is 0 Å². The van der Waals surface area contributed by atoms with Crippen LogP contribution in [0.1, 0.15) is 30.4 Å². The van der Waals surface area contributed by atoms with Crippen LogP contribution in [0.3, 0.4) is 0 Å². The Morgan fingerprint density at radius 3 is 2.09 bits per heavy atom. The van der Waals surface area contributed by atoms with Crippen molar-refractivity contribution in [3.8, 4) is 17.2 Å². The molecule has 1 fully saturated rings. The zero-order valence-electron chi connectivity index (χ0n) is 18.7. The van der Waals surface area contributed by atoms with E-state index in [-0.39, 0.29) is 18.4 Å². The molecule has 2 aliphatic heterocycles. The van der Waals surface area contributed by atoms with Crippen molar-refractivity contribution >= 4 is 17.4 Å². The number of rotatable bonds is 7. The number of benzene rings is 2. The van der Waals surface area contributed by atoms with Crippen LogP contribution >= 0.6 is 0 Å². The summed E-state index contributed by atoms with van der Waals surface area (Å²) in [6.07, 6.45) is 3.14. The SMILES string of the molecule is COc1ccc(CN2C(=O)C(c3ccc(OC)c(OC)c3)=C(N3CCCCC3)C2=O)cc1. The van der Waals surface area contributed by atoms with Gasteiger partial charge >= 0.3 is 0 Å². The second-order valence-electron chi connectivity index (χ2n) is 7.89. The minimum atomic E-state index is -0.293. The lowest BCUT2D eigenvalue weighted by atomic mass is 10.0. The van der Waals surface area contributed by atoms with E-state index in [0.717, 1.165) is 43.7 Å². The number of carbonyl (C=O) groups is 2. The van der Waals surface area contributed by atoms with Crippen molar-refractivity contribution in [2.75, 3.05) is 34.4 Å². The molecule has 0 N–H and O–H groups in total. The average Bonchev–Trinajstić information content (AvgIpc) is 3.09. The van der Waals surface area contributed by atoms with Gasteiger partial charge in [-0.1, -0.05) is 18.2 Å². The molecule has 1 saturated heterocycles. The van der Waals surface area contributed by atoms with Gasteiger partial charge in [0.1, 0.15) is 11.4 Å². The summed E-state index contributed by atoms with van der Waals surface area (Å²) >= 11 is 0. The number of likely N-dealkylation sites (tertiary alicyclic amines) is 1. The van der Waals surface area contributed by atoms with Crippen LogP contribution in [0.4, 0.5) is 0 Å². The minimum absolute atomic E-state index is 0.204. The third-order valence-corrected chi connectivity index (χ3v) is 5.99. The summed E-state index contributed by atoms with van der Waals surface area (Å²) < 4.78 is 16.0. The molecule has 0 spiro atoms. The maximum absolute atomic E-state index is 13.6. The predicted molar refractivity (Wildman–Crippen MR) is 120 cm³/mol. The van der Waals surface area contributed by atoms with Crippen molar-refractivity contribution in [3.05, 3.63) is 59.3 Å². The highest BCUT2D eigenvalue weighted by Gasteiger charge is 2.42. The molecule has 0 radical (unpaired) electrons. The van der Waals surface area contributed by atoms with E-state index >= 15 is 0 Å². The van der Waals surface area contributed by atoms with Gasteiger partial charge in [0.2, 0.25) is 0 Å². The molecule has 0 saturated carbocycles. The summed E-state index contributed by atoms with van der Waals surface area (Å²) in [6, 6.07) is 12.7. The van der Waals surface area contributed by atoms with Crippen molar-refractivity contribution in [3.63, 3.8) is 0 Å². The monoisotopic (exact) mass is 436 g/mol. The molecule has 168 valence electrons. The van der Waals surface area contributed by atoms with Crippen LogP contribution in [0.25, 0.3) is 5.57 Å². The molecule has 0 unspecified atom stereocenters. The van der Waals surface area contributed by atoms with Gasteiger partial charge in [0.05, 0.1) is 33.4 Å². The van der Waals surface area contributed by atoms with Crippen molar-refractivity contribution < 1.29 is 23.8 Å². The molecule has 0 atom stereocenters. The van der Waals surface area contributed by atoms with E-state index in [0.29, 0.717) is 28.3 Å². The van der Waals surface area contributed by atoms with Crippen molar-refractivity contribution in [1.82, 2.24) is 9.80 Å². The number of ether oxygens (including phenoxy) is 3. The number of piperidine rings is 1. The van der Waals surface area contributed by atoms with Crippen LogP contribution in [-0.4, -0.2) is 56.0 Å². The fraction of sp³-hybridized carbons (Fsp3) is 0.360. The standard InChI is InChI=1S/C25H28N2O5/c1-30-19-10-7-17(8-11-19)16-27-24(28)22(18-9-12-20(31-2)21(15-18)32-3)23(25(27)29)26-13-5-4-6-14-26/h7-12,15H,4-6,13-14,16H2,1-3H3. The van der Waals surface area contributed by atoms with E-state index in [4.69, 9.17) is 14.2 Å². The third-order valence-electron chi connectivity index (χ3n) is 5.99. The third kappa shape index (κ3) is 4.02. The lowest BCUT2D eigenvalue weighted by molar-refractivity contribution is -0.138. The van der Waals surface area contributed by atoms with Crippen LogP contribution < -0.4 is 14.2 Å². The molecule has 2 aliphatic rings. The summed E-state index contributed by atoms with van der Waals surface area (Å²) in [7, 11) is 4.72. The second-order valence-corrected chi connectivity index (χ2v) is 7.89. The van der Waals surface area contributed by atoms with E-state index in [2.05, 4.69) is 4.90 Å². The van der Waals surface area contributed by atoms with E-state index in [1.165, 1.54) is 4.90 Å². The molecule has 2 aromatic carbocycles. The van der Waals surface area contributed by atoms with Crippen molar-refractivity contribution in [2.24, 2.45) is 0 Å². The molecule has 32 heavy (non-hydrogen) atoms. The lowest BCUT2D eigenvalue weighted by Gasteiger charge is -2.29. The highest BCUT2D eigenvalue weighted by Crippen LogP contribution is 2.37. The highest BCUT2D eigenvalue weighted by atomic mass is 16.5. The molecule has 0 bridgehead atoms. The lowest BCUT2D eigenvalue weighted by Crippen LogP contribution is -2.36. The van der Waals surface area contributed by atoms with Gasteiger partial charge in [-0.3, -0.25) is 14.5 Å². The molecule has 0 aliphatic carbocycles. The minimum Gasteiger partial charge on any atom is -0.497 e. The highest BCUT2D eigenvalue weighted by molar-refractivity contribution is 6.35. The van der Waals surface area contributed by atoms with E-state index in [1.54, 1.807) is 33.5 Å². The molecule has 7 heteroatoms. The molecule has 0 aromatic heterocycles. The van der Waals surface area contributed by atoms with Gasteiger partial charge in [0.15, 0.2) is 11.5 Å². The Bertz CT molecular complexity index is 1040. The zero-order chi connectivity index (χ0) is 22.7. The summed E-state index contributed by atoms with van der Waals surface area (Å²) in [6.45, 7) is 1.73. The van der Waals surface area contributed by atoms with E-state index in [9.17, 15) is 9.59 Å². The first-order valence-electron chi connectivity index (χ1n) is 10.8. The summed E-state index contributed by atoms with van der Waals surface area (Å²) in [5.74, 6) is 1.27. The second kappa shape index (κ2) is 9.34. The summed E-state index contributed by atoms with van der Waals surface area (Å²) in [5, 5.41) is 0. The first-order chi connectivity index (χ1) is 15.6. The molecule has 4 rings (SSSR count). The summed E-state index contributed by atoms with van der Waals surface area (Å²) in [4.78, 5) is 30.5. The first kappa shape index (κ1) is 21.7. The van der Waals surface area contributed by atoms with Crippen LogP contribution in [0.5, 0.6) is 17.2 Å². The van der Waals surface area contributed by atoms with Gasteiger partial charge in [-0.2, -0.15) is 0 Å². The van der Waals surface area contributed by atoms with Gasteiger partial charge in [-0.15, -0.1) is 0 Å². The van der Waals surface area contributed by atoms with Gasteiger partial charge in [-0.25, -0.2) is 0 Å². The van der Waals surface area contributed by atoms with Gasteiger partial charge in [-0.05, 0) is 54.7 Å². The maximum atomic E-state index is 13.6. The molecule has 2 heterocycles. The normalized spacial score (nSPS) is 16.6.